The Morgan fingerprint density at radius 3 is 2.10 bits per heavy atom. The summed E-state index contributed by atoms with van der Waals surface area (Å²) in [6, 6.07) is 9.63. The molecule has 1 heterocycles. The normalized spacial score (nSPS) is 48.1. The third-order valence-electron chi connectivity index (χ3n) is 6.31. The van der Waals surface area contributed by atoms with Gasteiger partial charge in [0.05, 0.1) is 4.90 Å². The molecular weight excluding hydrogens is 270 g/mol. The standard InChI is InChI=1S/C16H19NO2S/c18-20(19,10-5-2-1-3-6-10)17-15-13-9-14(16(15)17)12-8-4-7-11(12)13/h1-3,5-6,11-16H,4,7-9H2/t11-,12-,13+,14+,15-,16+,17?/m1/s1. The van der Waals surface area contributed by atoms with Gasteiger partial charge in [0.15, 0.2) is 0 Å². The number of nitrogens with zero attached hydrogens (tertiary/aromatic N) is 1. The first-order chi connectivity index (χ1) is 9.69. The van der Waals surface area contributed by atoms with Gasteiger partial charge in [-0.15, -0.1) is 0 Å². The van der Waals surface area contributed by atoms with Gasteiger partial charge in [0.2, 0.25) is 10.0 Å². The van der Waals surface area contributed by atoms with Crippen LogP contribution in [0.25, 0.3) is 0 Å². The molecule has 1 aromatic rings. The predicted molar refractivity (Wildman–Crippen MR) is 75.5 cm³/mol. The monoisotopic (exact) mass is 289 g/mol. The second-order valence-corrected chi connectivity index (χ2v) is 8.79. The van der Waals surface area contributed by atoms with Crippen LogP contribution in [-0.4, -0.2) is 24.8 Å². The van der Waals surface area contributed by atoms with Gasteiger partial charge in [0.25, 0.3) is 0 Å². The van der Waals surface area contributed by atoms with Crippen LogP contribution < -0.4 is 0 Å². The maximum atomic E-state index is 12.8. The Kier molecular flexibility index (Phi) is 2.15. The van der Waals surface area contributed by atoms with Crippen molar-refractivity contribution in [2.75, 3.05) is 0 Å². The van der Waals surface area contributed by atoms with Gasteiger partial charge in [-0.05, 0) is 55.1 Å². The zero-order valence-corrected chi connectivity index (χ0v) is 12.2. The zero-order chi connectivity index (χ0) is 13.5. The minimum Gasteiger partial charge on any atom is -0.207 e. The molecule has 4 aliphatic rings. The third kappa shape index (κ3) is 1.27. The van der Waals surface area contributed by atoms with Crippen LogP contribution in [0.4, 0.5) is 0 Å². The summed E-state index contributed by atoms with van der Waals surface area (Å²) in [6.07, 6.45) is 5.35. The molecule has 3 aliphatic carbocycles. The predicted octanol–water partition coefficient (Wildman–Crippen LogP) is 2.49. The third-order valence-corrected chi connectivity index (χ3v) is 8.22. The van der Waals surface area contributed by atoms with E-state index in [0.717, 1.165) is 11.8 Å². The molecule has 106 valence electrons. The summed E-state index contributed by atoms with van der Waals surface area (Å²) < 4.78 is 27.4. The molecule has 4 fully saturated rings. The van der Waals surface area contributed by atoms with Crippen molar-refractivity contribution in [1.82, 2.24) is 4.31 Å². The van der Waals surface area contributed by atoms with Crippen LogP contribution in [0.3, 0.4) is 0 Å². The second-order valence-electron chi connectivity index (χ2n) is 6.95. The van der Waals surface area contributed by atoms with E-state index in [1.165, 1.54) is 25.7 Å². The average molecular weight is 289 g/mol. The zero-order valence-electron chi connectivity index (χ0n) is 11.4. The lowest BCUT2D eigenvalue weighted by molar-refractivity contribution is 0.292. The van der Waals surface area contributed by atoms with E-state index >= 15 is 0 Å². The van der Waals surface area contributed by atoms with E-state index in [1.807, 2.05) is 22.5 Å². The van der Waals surface area contributed by atoms with E-state index in [9.17, 15) is 8.42 Å². The summed E-state index contributed by atoms with van der Waals surface area (Å²) >= 11 is 0. The summed E-state index contributed by atoms with van der Waals surface area (Å²) in [4.78, 5) is 0.471. The van der Waals surface area contributed by atoms with Crippen LogP contribution in [-0.2, 0) is 10.0 Å². The van der Waals surface area contributed by atoms with Crippen LogP contribution in [0, 0.1) is 23.7 Å². The molecule has 0 spiro atoms. The van der Waals surface area contributed by atoms with Gasteiger partial charge in [-0.3, -0.25) is 0 Å². The molecule has 2 bridgehead atoms. The highest BCUT2D eigenvalue weighted by atomic mass is 32.2. The van der Waals surface area contributed by atoms with Crippen LogP contribution in [0.1, 0.15) is 25.7 Å². The maximum Gasteiger partial charge on any atom is 0.243 e. The van der Waals surface area contributed by atoms with Gasteiger partial charge in [-0.2, -0.15) is 4.31 Å². The first-order valence-electron chi connectivity index (χ1n) is 7.78. The fourth-order valence-electron chi connectivity index (χ4n) is 5.70. The lowest BCUT2D eigenvalue weighted by atomic mass is 9.82. The molecule has 1 aliphatic heterocycles. The highest BCUT2D eigenvalue weighted by Crippen LogP contribution is 2.68. The molecule has 1 aromatic carbocycles. The van der Waals surface area contributed by atoms with Gasteiger partial charge >= 0.3 is 0 Å². The summed E-state index contributed by atoms with van der Waals surface area (Å²) in [5.41, 5.74) is 0. The van der Waals surface area contributed by atoms with E-state index in [0.29, 0.717) is 28.8 Å². The maximum absolute atomic E-state index is 12.8. The number of hydrogen-bond acceptors (Lipinski definition) is 2. The fourth-order valence-corrected chi connectivity index (χ4v) is 7.59. The first-order valence-corrected chi connectivity index (χ1v) is 9.22. The number of benzene rings is 1. The lowest BCUT2D eigenvalue weighted by Crippen LogP contribution is -2.22. The van der Waals surface area contributed by atoms with Crippen LogP contribution in [0.15, 0.2) is 35.2 Å². The van der Waals surface area contributed by atoms with Crippen molar-refractivity contribution in [2.24, 2.45) is 23.7 Å². The van der Waals surface area contributed by atoms with Crippen molar-refractivity contribution in [1.29, 1.82) is 0 Å². The minimum atomic E-state index is -3.25. The lowest BCUT2D eigenvalue weighted by Gasteiger charge is -2.21. The van der Waals surface area contributed by atoms with Crippen molar-refractivity contribution in [3.8, 4) is 0 Å². The molecule has 3 saturated carbocycles. The molecule has 1 unspecified atom stereocenters. The number of fused-ring (bicyclic) bond motifs is 8. The van der Waals surface area contributed by atoms with E-state index < -0.39 is 10.0 Å². The Bertz CT molecular complexity index is 634. The Labute approximate surface area is 120 Å². The van der Waals surface area contributed by atoms with Crippen molar-refractivity contribution >= 4 is 10.0 Å². The largest absolute Gasteiger partial charge is 0.243 e. The number of sulfonamides is 1. The van der Waals surface area contributed by atoms with E-state index in [1.54, 1.807) is 12.1 Å². The highest BCUT2D eigenvalue weighted by Gasteiger charge is 2.73. The number of piperidine rings is 1. The summed E-state index contributed by atoms with van der Waals surface area (Å²) in [7, 11) is -3.25. The molecule has 0 aromatic heterocycles. The Morgan fingerprint density at radius 1 is 0.900 bits per heavy atom. The van der Waals surface area contributed by atoms with E-state index in [4.69, 9.17) is 0 Å². The van der Waals surface area contributed by atoms with Crippen LogP contribution in [0.2, 0.25) is 0 Å². The smallest absolute Gasteiger partial charge is 0.207 e. The summed E-state index contributed by atoms with van der Waals surface area (Å²) in [5.74, 6) is 2.99. The minimum absolute atomic E-state index is 0.338. The van der Waals surface area contributed by atoms with Gasteiger partial charge in [0, 0.05) is 12.1 Å². The molecule has 7 atom stereocenters. The van der Waals surface area contributed by atoms with Gasteiger partial charge in [-0.1, -0.05) is 24.6 Å². The number of rotatable bonds is 2. The Hall–Kier alpha value is -0.870. The molecule has 1 saturated heterocycles. The summed E-state index contributed by atoms with van der Waals surface area (Å²) in [5, 5.41) is 0. The van der Waals surface area contributed by atoms with Gasteiger partial charge in [0.1, 0.15) is 0 Å². The van der Waals surface area contributed by atoms with Gasteiger partial charge in [-0.25, -0.2) is 8.42 Å². The Morgan fingerprint density at radius 2 is 1.50 bits per heavy atom. The molecule has 20 heavy (non-hydrogen) atoms. The van der Waals surface area contributed by atoms with Crippen LogP contribution in [0.5, 0.6) is 0 Å². The average Bonchev–Trinajstić information content (AvgIpc) is 2.79. The molecule has 0 N–H and O–H groups in total. The summed E-state index contributed by atoms with van der Waals surface area (Å²) in [6.45, 7) is 0. The van der Waals surface area contributed by atoms with Crippen LogP contribution >= 0.6 is 0 Å². The highest BCUT2D eigenvalue weighted by molar-refractivity contribution is 7.89. The molecular formula is C16H19NO2S. The molecule has 0 amide bonds. The fraction of sp³-hybridized carbons (Fsp3) is 0.625. The van der Waals surface area contributed by atoms with Crippen molar-refractivity contribution < 1.29 is 8.42 Å². The molecule has 3 nitrogen and oxygen atoms in total. The van der Waals surface area contributed by atoms with Crippen molar-refractivity contribution in [3.63, 3.8) is 0 Å². The van der Waals surface area contributed by atoms with Crippen molar-refractivity contribution in [2.45, 2.75) is 42.7 Å². The molecule has 0 radical (unpaired) electrons. The first kappa shape index (κ1) is 11.8. The number of hydrogen-bond donors (Lipinski definition) is 0. The van der Waals surface area contributed by atoms with E-state index in [-0.39, 0.29) is 0 Å². The van der Waals surface area contributed by atoms with E-state index in [2.05, 4.69) is 0 Å². The quantitative estimate of drug-likeness (QED) is 0.784. The van der Waals surface area contributed by atoms with Crippen molar-refractivity contribution in [3.05, 3.63) is 30.3 Å². The second kappa shape index (κ2) is 3.66. The molecule has 4 heteroatoms. The van der Waals surface area contributed by atoms with Gasteiger partial charge < -0.3 is 0 Å². The Balaban J connectivity index is 1.49. The molecule has 5 rings (SSSR count). The SMILES string of the molecule is O=S(=O)(c1ccccc1)N1[C@@H]2[C@H]3C[C@@H]([C@@H]4CCC[C@H]43)[C@@H]21. The topological polar surface area (TPSA) is 37.1 Å².